The second-order valence-corrected chi connectivity index (χ2v) is 22.5. The van der Waals surface area contributed by atoms with Crippen LogP contribution in [0.15, 0.2) is 30.3 Å². The number of carbonyl (C=O) groups is 3. The Morgan fingerprint density at radius 1 is 0.764 bits per heavy atom. The Bertz CT molecular complexity index is 1770. The van der Waals surface area contributed by atoms with E-state index in [9.17, 15) is 19.5 Å². The molecular formula is C48H71N3O4. The van der Waals surface area contributed by atoms with Crippen molar-refractivity contribution in [2.24, 2.45) is 68.0 Å². The number of fused-ring (bicyclic) bond motifs is 7. The lowest BCUT2D eigenvalue weighted by molar-refractivity contribution is -0.221. The predicted octanol–water partition coefficient (Wildman–Crippen LogP) is 10.3. The van der Waals surface area contributed by atoms with E-state index in [1.807, 2.05) is 26.0 Å². The first-order chi connectivity index (χ1) is 25.6. The summed E-state index contributed by atoms with van der Waals surface area (Å²) < 4.78 is 0. The molecule has 7 heteroatoms. The maximum absolute atomic E-state index is 14.2. The van der Waals surface area contributed by atoms with Crippen LogP contribution in [0.2, 0.25) is 0 Å². The molecule has 0 aromatic heterocycles. The third-order valence-corrected chi connectivity index (χ3v) is 19.1. The second kappa shape index (κ2) is 12.6. The normalized spacial score (nSPS) is 43.0. The van der Waals surface area contributed by atoms with Gasteiger partial charge in [0.05, 0.1) is 5.56 Å². The van der Waals surface area contributed by atoms with Gasteiger partial charge >= 0.3 is 12.0 Å². The molecule has 0 aliphatic heterocycles. The first kappa shape index (κ1) is 39.0. The lowest BCUT2D eigenvalue weighted by Crippen LogP contribution is -2.70. The number of aromatic carboxylic acids is 1. The van der Waals surface area contributed by atoms with E-state index in [-0.39, 0.29) is 62.6 Å². The number of carboxylic acid groups (broad SMARTS) is 1. The largest absolute Gasteiger partial charge is 0.478 e. The third-order valence-electron chi connectivity index (χ3n) is 19.1. The van der Waals surface area contributed by atoms with Crippen LogP contribution in [0.5, 0.6) is 0 Å². The van der Waals surface area contributed by atoms with Gasteiger partial charge in [0.2, 0.25) is 5.91 Å². The van der Waals surface area contributed by atoms with Crippen molar-refractivity contribution in [2.75, 3.05) is 0 Å². The summed E-state index contributed by atoms with van der Waals surface area (Å²) in [7, 11) is 0. The molecule has 0 spiro atoms. The predicted molar refractivity (Wildman–Crippen MR) is 219 cm³/mol. The molecule has 7 aliphatic carbocycles. The summed E-state index contributed by atoms with van der Waals surface area (Å²) in [5, 5.41) is 19.8. The highest BCUT2D eigenvalue weighted by molar-refractivity contribution is 5.88. The van der Waals surface area contributed by atoms with Gasteiger partial charge in [0.25, 0.3) is 0 Å². The number of allylic oxidation sites excluding steroid dienone is 2. The zero-order valence-corrected chi connectivity index (χ0v) is 35.7. The van der Waals surface area contributed by atoms with Crippen molar-refractivity contribution in [2.45, 2.75) is 164 Å². The summed E-state index contributed by atoms with van der Waals surface area (Å²) in [6.45, 7) is 23.8. The molecular weight excluding hydrogens is 683 g/mol. The summed E-state index contributed by atoms with van der Waals surface area (Å²) in [5.74, 6) is 2.08. The van der Waals surface area contributed by atoms with E-state index in [1.54, 1.807) is 12.1 Å². The van der Waals surface area contributed by atoms with Gasteiger partial charge < -0.3 is 21.1 Å². The number of rotatable bonds is 7. The van der Waals surface area contributed by atoms with Gasteiger partial charge in [-0.3, -0.25) is 4.79 Å². The van der Waals surface area contributed by atoms with Crippen LogP contribution in [0.25, 0.3) is 5.57 Å². The fraction of sp³-hybridized carbons (Fsp3) is 0.771. The maximum Gasteiger partial charge on any atom is 0.335 e. The summed E-state index contributed by atoms with van der Waals surface area (Å²) in [6.07, 6.45) is 16.4. The van der Waals surface area contributed by atoms with Crippen molar-refractivity contribution >= 4 is 23.5 Å². The van der Waals surface area contributed by atoms with Crippen LogP contribution in [0.1, 0.15) is 162 Å². The SMILES string of the molecule is CC(C)NC(=O)[C@H]1C[C@@H](NC(=O)N[C@]23CC[C@@H](C4(C)CC4)[C@@H]2[C@H]2CC[C@@H]4[C@@]5(C)CC=C(c6ccc(C(=O)O)cc6)C(C)(C)[C@@H]5CC[C@@]4(C)[C@]2(C)CC3)C1(C)C. The molecule has 0 heterocycles. The molecule has 11 atom stereocenters. The van der Waals surface area contributed by atoms with Gasteiger partial charge in [0, 0.05) is 23.5 Å². The summed E-state index contributed by atoms with van der Waals surface area (Å²) in [6, 6.07) is 7.66. The standard InChI is InChI=1S/C48H71N3O4/c1-28(2)49-39(52)34-27-37(43(34,5)6)50-41(55)51-48-22-18-32(44(7)23-24-44)38(48)33-15-16-36-45(8)20-17-31(29-11-13-30(14-12-29)40(53)54)42(3,4)35(45)19-21-47(36,10)46(33,9)25-26-48/h11-14,17,28,32-38H,15-16,18-27H2,1-10H3,(H,49,52)(H,53,54)(H2,50,51,55)/t32-,33-,34-,35+,36-,37-,38-,45+,46-,47-,48+/m1/s1. The highest BCUT2D eigenvalue weighted by atomic mass is 16.4. The molecule has 4 N–H and O–H groups in total. The number of benzene rings is 1. The number of urea groups is 1. The van der Waals surface area contributed by atoms with Gasteiger partial charge in [-0.15, -0.1) is 0 Å². The van der Waals surface area contributed by atoms with E-state index < -0.39 is 5.97 Å². The number of amides is 3. The fourth-order valence-corrected chi connectivity index (χ4v) is 15.5. The maximum atomic E-state index is 14.2. The van der Waals surface area contributed by atoms with E-state index in [0.717, 1.165) is 19.3 Å². The molecule has 3 amide bonds. The lowest BCUT2D eigenvalue weighted by Gasteiger charge is -2.72. The molecule has 302 valence electrons. The number of carbonyl (C=O) groups excluding carboxylic acids is 2. The topological polar surface area (TPSA) is 108 Å². The van der Waals surface area contributed by atoms with Crippen LogP contribution in [0.4, 0.5) is 4.79 Å². The average Bonchev–Trinajstić information content (AvgIpc) is 3.73. The van der Waals surface area contributed by atoms with Crippen LogP contribution >= 0.6 is 0 Å². The summed E-state index contributed by atoms with van der Waals surface area (Å²) in [5.41, 5.74) is 3.45. The number of carboxylic acids is 1. The van der Waals surface area contributed by atoms with Crippen LogP contribution in [-0.4, -0.2) is 40.6 Å². The molecule has 6 fully saturated rings. The Kier molecular flexibility index (Phi) is 8.93. The zero-order chi connectivity index (χ0) is 39.7. The van der Waals surface area contributed by atoms with E-state index in [1.165, 1.54) is 62.5 Å². The van der Waals surface area contributed by atoms with Crippen molar-refractivity contribution in [3.8, 4) is 0 Å². The van der Waals surface area contributed by atoms with Gasteiger partial charge in [-0.2, -0.15) is 0 Å². The number of nitrogens with one attached hydrogen (secondary N) is 3. The molecule has 55 heavy (non-hydrogen) atoms. The lowest BCUT2D eigenvalue weighted by atomic mass is 9.32. The third kappa shape index (κ3) is 5.64. The van der Waals surface area contributed by atoms with Crippen LogP contribution in [0, 0.1) is 68.0 Å². The van der Waals surface area contributed by atoms with E-state index >= 15 is 0 Å². The van der Waals surface area contributed by atoms with Gasteiger partial charge in [-0.25, -0.2) is 9.59 Å². The molecule has 7 nitrogen and oxygen atoms in total. The monoisotopic (exact) mass is 754 g/mol. The highest BCUT2D eigenvalue weighted by Crippen LogP contribution is 2.78. The minimum Gasteiger partial charge on any atom is -0.478 e. The van der Waals surface area contributed by atoms with E-state index in [4.69, 9.17) is 0 Å². The van der Waals surface area contributed by atoms with Crippen LogP contribution in [0.3, 0.4) is 0 Å². The Morgan fingerprint density at radius 2 is 1.45 bits per heavy atom. The highest BCUT2D eigenvalue weighted by Gasteiger charge is 2.72. The Morgan fingerprint density at radius 3 is 2.07 bits per heavy atom. The molecule has 6 saturated carbocycles. The molecule has 0 bridgehead atoms. The van der Waals surface area contributed by atoms with Gasteiger partial charge in [0.15, 0.2) is 0 Å². The molecule has 7 aliphatic rings. The second-order valence-electron chi connectivity index (χ2n) is 22.5. The Balaban J connectivity index is 1.05. The van der Waals surface area contributed by atoms with Crippen molar-refractivity contribution in [3.05, 3.63) is 41.5 Å². The quantitative estimate of drug-likeness (QED) is 0.222. The van der Waals surface area contributed by atoms with Crippen LogP contribution in [-0.2, 0) is 4.79 Å². The van der Waals surface area contributed by atoms with Crippen LogP contribution < -0.4 is 16.0 Å². The molecule has 0 radical (unpaired) electrons. The van der Waals surface area contributed by atoms with Crippen molar-refractivity contribution in [1.29, 1.82) is 0 Å². The summed E-state index contributed by atoms with van der Waals surface area (Å²) >= 11 is 0. The minimum atomic E-state index is -0.874. The van der Waals surface area contributed by atoms with Gasteiger partial charge in [0.1, 0.15) is 0 Å². The van der Waals surface area contributed by atoms with Crippen molar-refractivity contribution in [1.82, 2.24) is 16.0 Å². The first-order valence-electron chi connectivity index (χ1n) is 22.1. The van der Waals surface area contributed by atoms with Gasteiger partial charge in [-0.05, 0) is 176 Å². The molecule has 0 unspecified atom stereocenters. The number of hydrogen-bond donors (Lipinski definition) is 4. The molecule has 1 aromatic rings. The van der Waals surface area contributed by atoms with E-state index in [2.05, 4.69) is 77.4 Å². The summed E-state index contributed by atoms with van der Waals surface area (Å²) in [4.78, 5) is 38.7. The van der Waals surface area contributed by atoms with Gasteiger partial charge in [-0.1, -0.05) is 73.6 Å². The number of hydrogen-bond acceptors (Lipinski definition) is 3. The van der Waals surface area contributed by atoms with Crippen molar-refractivity contribution < 1.29 is 19.5 Å². The molecule has 0 saturated heterocycles. The van der Waals surface area contributed by atoms with E-state index in [0.29, 0.717) is 47.0 Å². The average molecular weight is 754 g/mol. The Hall–Kier alpha value is -2.83. The zero-order valence-electron chi connectivity index (χ0n) is 35.7. The first-order valence-corrected chi connectivity index (χ1v) is 22.1. The minimum absolute atomic E-state index is 0.0130. The van der Waals surface area contributed by atoms with Crippen molar-refractivity contribution in [3.63, 3.8) is 0 Å². The molecule has 8 rings (SSSR count). The Labute approximate surface area is 331 Å². The fourth-order valence-electron chi connectivity index (χ4n) is 15.5. The smallest absolute Gasteiger partial charge is 0.335 e. The molecule has 1 aromatic carbocycles.